The van der Waals surface area contributed by atoms with Gasteiger partial charge in [0.2, 0.25) is 0 Å². The van der Waals surface area contributed by atoms with E-state index in [4.69, 9.17) is 9.47 Å². The molecule has 0 saturated carbocycles. The van der Waals surface area contributed by atoms with Crippen molar-refractivity contribution in [2.24, 2.45) is 5.92 Å². The van der Waals surface area contributed by atoms with Crippen molar-refractivity contribution >= 4 is 0 Å². The molecule has 3 rings (SSSR count). The second-order valence-electron chi connectivity index (χ2n) is 6.54. The highest BCUT2D eigenvalue weighted by molar-refractivity contribution is 5.45. The van der Waals surface area contributed by atoms with Gasteiger partial charge < -0.3 is 14.8 Å². The molecule has 1 aromatic carbocycles. The Morgan fingerprint density at radius 1 is 1.42 bits per heavy atom. The summed E-state index contributed by atoms with van der Waals surface area (Å²) in [5, 5.41) is 17.1. The molecule has 1 aromatic heterocycles. The summed E-state index contributed by atoms with van der Waals surface area (Å²) in [5.41, 5.74) is 2.81. The standard InChI is InChI=1S/C20H26N4O2/c1-3-24-18(8-9-23-24)20-16(5-4-10-26-20)14-22-13-15-6-7-19(25-2)17(11-15)12-21/h6-9,11,16,20,22H,3-5,10,13-14H2,1-2H3/t16-,20+/m0/s1. The van der Waals surface area contributed by atoms with E-state index in [1.807, 2.05) is 29.1 Å². The number of nitrogens with one attached hydrogen (secondary N) is 1. The van der Waals surface area contributed by atoms with Gasteiger partial charge in [-0.3, -0.25) is 4.68 Å². The highest BCUT2D eigenvalue weighted by Crippen LogP contribution is 2.33. The molecule has 1 fully saturated rings. The van der Waals surface area contributed by atoms with Crippen LogP contribution in [0.5, 0.6) is 5.75 Å². The van der Waals surface area contributed by atoms with Crippen molar-refractivity contribution in [1.29, 1.82) is 5.26 Å². The maximum Gasteiger partial charge on any atom is 0.136 e. The molecule has 0 spiro atoms. The topological polar surface area (TPSA) is 72.1 Å². The van der Waals surface area contributed by atoms with Crippen LogP contribution < -0.4 is 10.1 Å². The smallest absolute Gasteiger partial charge is 0.136 e. The van der Waals surface area contributed by atoms with Crippen LogP contribution in [0.1, 0.15) is 42.7 Å². The van der Waals surface area contributed by atoms with E-state index < -0.39 is 0 Å². The Labute approximate surface area is 154 Å². The third-order valence-electron chi connectivity index (χ3n) is 4.91. The summed E-state index contributed by atoms with van der Waals surface area (Å²) in [7, 11) is 1.58. The van der Waals surface area contributed by atoms with Crippen LogP contribution in [-0.4, -0.2) is 30.0 Å². The van der Waals surface area contributed by atoms with Gasteiger partial charge >= 0.3 is 0 Å². The lowest BCUT2D eigenvalue weighted by atomic mass is 9.92. The number of benzene rings is 1. The van der Waals surface area contributed by atoms with E-state index in [0.29, 0.717) is 17.2 Å². The number of nitriles is 1. The van der Waals surface area contributed by atoms with Crippen molar-refractivity contribution in [3.05, 3.63) is 47.3 Å². The van der Waals surface area contributed by atoms with Gasteiger partial charge in [-0.15, -0.1) is 0 Å². The van der Waals surface area contributed by atoms with Crippen LogP contribution in [-0.2, 0) is 17.8 Å². The lowest BCUT2D eigenvalue weighted by molar-refractivity contribution is -0.0327. The van der Waals surface area contributed by atoms with Crippen molar-refractivity contribution in [1.82, 2.24) is 15.1 Å². The monoisotopic (exact) mass is 354 g/mol. The third kappa shape index (κ3) is 4.06. The Hall–Kier alpha value is -2.36. The van der Waals surface area contributed by atoms with Crippen LogP contribution in [0.3, 0.4) is 0 Å². The molecule has 1 aliphatic heterocycles. The second kappa shape index (κ2) is 8.84. The number of ether oxygens (including phenoxy) is 2. The van der Waals surface area contributed by atoms with E-state index in [1.165, 1.54) is 0 Å². The molecule has 1 saturated heterocycles. The lowest BCUT2D eigenvalue weighted by Crippen LogP contribution is -2.32. The predicted molar refractivity (Wildman–Crippen MR) is 98.7 cm³/mol. The molecule has 2 atom stereocenters. The molecule has 2 heterocycles. The van der Waals surface area contributed by atoms with E-state index >= 15 is 0 Å². The first kappa shape index (κ1) is 18.4. The molecule has 0 amide bonds. The molecule has 6 heteroatoms. The summed E-state index contributed by atoms with van der Waals surface area (Å²) >= 11 is 0. The Kier molecular flexibility index (Phi) is 6.26. The first-order valence-corrected chi connectivity index (χ1v) is 9.17. The van der Waals surface area contributed by atoms with Crippen molar-refractivity contribution < 1.29 is 9.47 Å². The van der Waals surface area contributed by atoms with E-state index in [-0.39, 0.29) is 6.10 Å². The van der Waals surface area contributed by atoms with Crippen LogP contribution in [0, 0.1) is 17.2 Å². The summed E-state index contributed by atoms with van der Waals surface area (Å²) in [6.07, 6.45) is 4.16. The molecule has 6 nitrogen and oxygen atoms in total. The van der Waals surface area contributed by atoms with Gasteiger partial charge in [0, 0.05) is 38.4 Å². The number of aromatic nitrogens is 2. The van der Waals surface area contributed by atoms with Gasteiger partial charge in [-0.1, -0.05) is 6.07 Å². The highest BCUT2D eigenvalue weighted by atomic mass is 16.5. The number of hydrogen-bond acceptors (Lipinski definition) is 5. The summed E-state index contributed by atoms with van der Waals surface area (Å²) in [6, 6.07) is 9.97. The zero-order chi connectivity index (χ0) is 18.4. The van der Waals surface area contributed by atoms with Crippen LogP contribution in [0.15, 0.2) is 30.5 Å². The SMILES string of the molecule is CCn1nccc1[C@@H]1OCCC[C@H]1CNCc1ccc(OC)c(C#N)c1. The zero-order valence-electron chi connectivity index (χ0n) is 15.4. The average Bonchev–Trinajstić information content (AvgIpc) is 3.16. The first-order chi connectivity index (χ1) is 12.8. The molecular weight excluding hydrogens is 328 g/mol. The lowest BCUT2D eigenvalue weighted by Gasteiger charge is -2.32. The molecular formula is C20H26N4O2. The van der Waals surface area contributed by atoms with Crippen molar-refractivity contribution in [2.75, 3.05) is 20.3 Å². The quantitative estimate of drug-likeness (QED) is 0.827. The highest BCUT2D eigenvalue weighted by Gasteiger charge is 2.29. The minimum Gasteiger partial charge on any atom is -0.495 e. The van der Waals surface area contributed by atoms with Gasteiger partial charge in [0.1, 0.15) is 17.9 Å². The maximum atomic E-state index is 9.22. The van der Waals surface area contributed by atoms with Gasteiger partial charge in [-0.05, 0) is 43.5 Å². The zero-order valence-corrected chi connectivity index (χ0v) is 15.4. The number of nitrogens with zero attached hydrogens (tertiary/aromatic N) is 3. The minimum atomic E-state index is 0.0873. The molecule has 0 unspecified atom stereocenters. The molecule has 0 aliphatic carbocycles. The van der Waals surface area contributed by atoms with E-state index in [2.05, 4.69) is 29.5 Å². The molecule has 0 radical (unpaired) electrons. The summed E-state index contributed by atoms with van der Waals surface area (Å²) in [6.45, 7) is 5.34. The maximum absolute atomic E-state index is 9.22. The Bertz CT molecular complexity index is 765. The Morgan fingerprint density at radius 3 is 3.08 bits per heavy atom. The summed E-state index contributed by atoms with van der Waals surface area (Å²) in [5.74, 6) is 1.03. The summed E-state index contributed by atoms with van der Waals surface area (Å²) in [4.78, 5) is 0. The van der Waals surface area contributed by atoms with Gasteiger partial charge in [0.25, 0.3) is 0 Å². The third-order valence-corrected chi connectivity index (χ3v) is 4.91. The second-order valence-corrected chi connectivity index (χ2v) is 6.54. The van der Waals surface area contributed by atoms with Crippen LogP contribution in [0.4, 0.5) is 0 Å². The number of hydrogen-bond donors (Lipinski definition) is 1. The van der Waals surface area contributed by atoms with E-state index in [1.54, 1.807) is 7.11 Å². The molecule has 26 heavy (non-hydrogen) atoms. The molecule has 1 N–H and O–H groups in total. The van der Waals surface area contributed by atoms with Crippen LogP contribution in [0.25, 0.3) is 0 Å². The molecule has 0 bridgehead atoms. The van der Waals surface area contributed by atoms with E-state index in [9.17, 15) is 5.26 Å². The minimum absolute atomic E-state index is 0.0873. The van der Waals surface area contributed by atoms with Gasteiger partial charge in [-0.25, -0.2) is 0 Å². The van der Waals surface area contributed by atoms with Gasteiger partial charge in [0.15, 0.2) is 0 Å². The number of aryl methyl sites for hydroxylation is 1. The fourth-order valence-corrected chi connectivity index (χ4v) is 3.58. The molecule has 1 aliphatic rings. The first-order valence-electron chi connectivity index (χ1n) is 9.17. The van der Waals surface area contributed by atoms with Crippen molar-refractivity contribution in [3.63, 3.8) is 0 Å². The Morgan fingerprint density at radius 2 is 2.31 bits per heavy atom. The van der Waals surface area contributed by atoms with Gasteiger partial charge in [0.05, 0.1) is 18.4 Å². The van der Waals surface area contributed by atoms with Gasteiger partial charge in [-0.2, -0.15) is 10.4 Å². The number of methoxy groups -OCH3 is 1. The predicted octanol–water partition coefficient (Wildman–Crippen LogP) is 3.04. The largest absolute Gasteiger partial charge is 0.495 e. The molecule has 2 aromatic rings. The number of rotatable bonds is 7. The van der Waals surface area contributed by atoms with Crippen molar-refractivity contribution in [2.45, 2.75) is 39.0 Å². The average molecular weight is 354 g/mol. The Balaban J connectivity index is 1.62. The van der Waals surface area contributed by atoms with Crippen molar-refractivity contribution in [3.8, 4) is 11.8 Å². The van der Waals surface area contributed by atoms with Crippen LogP contribution >= 0.6 is 0 Å². The van der Waals surface area contributed by atoms with E-state index in [0.717, 1.165) is 50.3 Å². The van der Waals surface area contributed by atoms with Crippen LogP contribution in [0.2, 0.25) is 0 Å². The molecule has 138 valence electrons. The fraction of sp³-hybridized carbons (Fsp3) is 0.500. The fourth-order valence-electron chi connectivity index (χ4n) is 3.58. The summed E-state index contributed by atoms with van der Waals surface area (Å²) < 4.78 is 13.3. The normalized spacial score (nSPS) is 19.9.